The van der Waals surface area contributed by atoms with Gasteiger partial charge in [0.1, 0.15) is 5.78 Å². The minimum atomic E-state index is -0.758. The molecule has 6 nitrogen and oxygen atoms in total. The third-order valence-electron chi connectivity index (χ3n) is 7.34. The van der Waals surface area contributed by atoms with Gasteiger partial charge in [-0.05, 0) is 37.7 Å². The highest BCUT2D eigenvalue weighted by molar-refractivity contribution is 5.93. The molecule has 0 amide bonds. The minimum Gasteiger partial charge on any atom is -0.481 e. The molecule has 1 unspecified atom stereocenters. The third-order valence-corrected chi connectivity index (χ3v) is 7.34. The zero-order chi connectivity index (χ0) is 23.2. The van der Waals surface area contributed by atoms with Gasteiger partial charge in [0, 0.05) is 40.2 Å². The first-order chi connectivity index (χ1) is 15.4. The largest absolute Gasteiger partial charge is 0.481 e. The smallest absolute Gasteiger partial charge is 0.306 e. The van der Waals surface area contributed by atoms with Crippen LogP contribution in [0.2, 0.25) is 0 Å². The second kappa shape index (κ2) is 10.7. The number of hydrogen-bond acceptors (Lipinski definition) is 5. The molecule has 1 saturated carbocycles. The minimum absolute atomic E-state index is 0.0188. The zero-order valence-corrected chi connectivity index (χ0v) is 19.6. The molecule has 3 rings (SSSR count). The molecule has 1 aromatic rings. The highest BCUT2D eigenvalue weighted by Gasteiger charge is 2.51. The summed E-state index contributed by atoms with van der Waals surface area (Å²) in [4.78, 5) is 26.5. The average Bonchev–Trinajstić information content (AvgIpc) is 3.55. The Morgan fingerprint density at radius 3 is 2.44 bits per heavy atom. The van der Waals surface area contributed by atoms with Crippen LogP contribution in [0.1, 0.15) is 57.4 Å². The molecule has 176 valence electrons. The van der Waals surface area contributed by atoms with Crippen LogP contribution in [0.3, 0.4) is 0 Å². The lowest BCUT2D eigenvalue weighted by molar-refractivity contribution is -0.218. The lowest BCUT2D eigenvalue weighted by Gasteiger charge is -2.35. The van der Waals surface area contributed by atoms with Crippen molar-refractivity contribution in [1.82, 2.24) is 4.90 Å². The van der Waals surface area contributed by atoms with Crippen LogP contribution in [0.4, 0.5) is 0 Å². The zero-order valence-electron chi connectivity index (χ0n) is 19.6. The summed E-state index contributed by atoms with van der Waals surface area (Å²) in [5.41, 5.74) is 0.862. The summed E-state index contributed by atoms with van der Waals surface area (Å²) in [5, 5.41) is 9.03. The number of carboxylic acids is 1. The van der Waals surface area contributed by atoms with E-state index in [1.165, 1.54) is 0 Å². The second-order valence-electron chi connectivity index (χ2n) is 9.17. The Bertz CT molecular complexity index is 798. The lowest BCUT2D eigenvalue weighted by Crippen LogP contribution is -2.47. The Balaban J connectivity index is 1.59. The molecule has 0 spiro atoms. The van der Waals surface area contributed by atoms with Gasteiger partial charge >= 0.3 is 5.97 Å². The predicted molar refractivity (Wildman–Crippen MR) is 123 cm³/mol. The second-order valence-corrected chi connectivity index (χ2v) is 9.17. The monoisotopic (exact) mass is 443 g/mol. The van der Waals surface area contributed by atoms with Crippen molar-refractivity contribution in [3.05, 3.63) is 48.0 Å². The maximum absolute atomic E-state index is 13.2. The van der Waals surface area contributed by atoms with Crippen molar-refractivity contribution in [2.45, 2.75) is 69.1 Å². The van der Waals surface area contributed by atoms with E-state index in [2.05, 4.69) is 23.1 Å². The normalized spacial score (nSPS) is 22.8. The molecule has 1 heterocycles. The molecule has 0 aromatic heterocycles. The fraction of sp³-hybridized carbons (Fsp3) is 0.615. The Morgan fingerprint density at radius 1 is 1.16 bits per heavy atom. The van der Waals surface area contributed by atoms with Crippen molar-refractivity contribution in [1.29, 1.82) is 0 Å². The van der Waals surface area contributed by atoms with Crippen molar-refractivity contribution in [2.75, 3.05) is 27.3 Å². The molecule has 1 N–H and O–H groups in total. The van der Waals surface area contributed by atoms with Crippen molar-refractivity contribution in [3.63, 3.8) is 0 Å². The van der Waals surface area contributed by atoms with Crippen molar-refractivity contribution in [2.24, 2.45) is 5.92 Å². The molecule has 1 aliphatic heterocycles. The predicted octanol–water partition coefficient (Wildman–Crippen LogP) is 4.19. The number of carbonyl (C=O) groups excluding carboxylic acids is 1. The molecule has 0 bridgehead atoms. The number of benzene rings is 1. The fourth-order valence-electron chi connectivity index (χ4n) is 4.96. The highest BCUT2D eigenvalue weighted by Crippen LogP contribution is 2.49. The molecule has 1 aliphatic carbocycles. The van der Waals surface area contributed by atoms with Gasteiger partial charge in [-0.1, -0.05) is 49.4 Å². The van der Waals surface area contributed by atoms with Gasteiger partial charge in [-0.2, -0.15) is 0 Å². The molecule has 32 heavy (non-hydrogen) atoms. The van der Waals surface area contributed by atoms with Gasteiger partial charge in [-0.15, -0.1) is 0 Å². The summed E-state index contributed by atoms with van der Waals surface area (Å²) in [6.07, 6.45) is 9.39. The number of methoxy groups -OCH3 is 2. The third kappa shape index (κ3) is 5.30. The van der Waals surface area contributed by atoms with Gasteiger partial charge in [0.05, 0.1) is 17.4 Å². The summed E-state index contributed by atoms with van der Waals surface area (Å²) in [6.45, 7) is 3.24. The summed E-state index contributed by atoms with van der Waals surface area (Å²) in [6, 6.07) is 10.2. The first-order valence-corrected chi connectivity index (χ1v) is 11.7. The number of carboxylic acid groups (broad SMARTS) is 1. The van der Waals surface area contributed by atoms with E-state index in [9.17, 15) is 9.59 Å². The van der Waals surface area contributed by atoms with E-state index >= 15 is 0 Å². The summed E-state index contributed by atoms with van der Waals surface area (Å²) < 4.78 is 11.6. The maximum atomic E-state index is 13.2. The number of ether oxygens (including phenoxy) is 2. The van der Waals surface area contributed by atoms with E-state index in [0.29, 0.717) is 25.2 Å². The van der Waals surface area contributed by atoms with Crippen molar-refractivity contribution < 1.29 is 24.2 Å². The van der Waals surface area contributed by atoms with Gasteiger partial charge < -0.3 is 14.6 Å². The highest BCUT2D eigenvalue weighted by atomic mass is 16.7. The van der Waals surface area contributed by atoms with Gasteiger partial charge in [0.15, 0.2) is 5.79 Å². The summed E-state index contributed by atoms with van der Waals surface area (Å²) in [5.74, 6) is -1.46. The van der Waals surface area contributed by atoms with Gasteiger partial charge in [-0.3, -0.25) is 14.5 Å². The molecule has 2 atom stereocenters. The van der Waals surface area contributed by atoms with E-state index in [1.54, 1.807) is 21.1 Å². The number of carbonyl (C=O) groups is 2. The Hall–Kier alpha value is -2.02. The fourth-order valence-corrected chi connectivity index (χ4v) is 4.96. The standard InChI is InChI=1S/C26H37NO5/c1-20(24(29)30)10-6-4-9-13-22-26(31-2,32-3)17-19-27(22)18-14-23(28)25(15-16-25)21-11-7-5-8-12-21/h4-5,7-9,11-12,20,22H,6,10,13-19H2,1-3H3,(H,29,30)/t20?,22-/m0/s1. The number of allylic oxidation sites excluding steroid dienone is 1. The number of nitrogens with zero attached hydrogens (tertiary/aromatic N) is 1. The van der Waals surface area contributed by atoms with E-state index in [4.69, 9.17) is 14.6 Å². The first-order valence-electron chi connectivity index (χ1n) is 11.7. The van der Waals surface area contributed by atoms with Crippen LogP contribution >= 0.6 is 0 Å². The SMILES string of the molecule is COC1(OC)CCN(CCC(=O)C2(c3ccccc3)CC2)[C@H]1CC=CCCC(C)C(=O)O. The van der Waals surface area contributed by atoms with Gasteiger partial charge in [0.25, 0.3) is 0 Å². The van der Waals surface area contributed by atoms with Crippen LogP contribution in [-0.4, -0.2) is 60.9 Å². The van der Waals surface area contributed by atoms with Crippen LogP contribution in [0, 0.1) is 5.92 Å². The first kappa shape index (κ1) is 24.6. The molecule has 2 aliphatic rings. The number of Topliss-reactive ketones (excluding diaryl/α,β-unsaturated/α-hetero) is 1. The molecule has 1 aromatic carbocycles. The van der Waals surface area contributed by atoms with Crippen LogP contribution in [0.25, 0.3) is 0 Å². The summed E-state index contributed by atoms with van der Waals surface area (Å²) >= 11 is 0. The Labute approximate surface area is 191 Å². The summed E-state index contributed by atoms with van der Waals surface area (Å²) in [7, 11) is 3.36. The number of ketones is 1. The van der Waals surface area contributed by atoms with E-state index < -0.39 is 11.8 Å². The maximum Gasteiger partial charge on any atom is 0.306 e. The Kier molecular flexibility index (Phi) is 8.26. The van der Waals surface area contributed by atoms with Crippen LogP contribution in [0.5, 0.6) is 0 Å². The van der Waals surface area contributed by atoms with Crippen LogP contribution in [0.15, 0.2) is 42.5 Å². The molecular weight excluding hydrogens is 406 g/mol. The van der Waals surface area contributed by atoms with Gasteiger partial charge in [-0.25, -0.2) is 0 Å². The molecule has 1 saturated heterocycles. The van der Waals surface area contributed by atoms with E-state index in [1.807, 2.05) is 24.3 Å². The molecule has 2 fully saturated rings. The molecular formula is C26H37NO5. The van der Waals surface area contributed by atoms with E-state index in [-0.39, 0.29) is 17.4 Å². The Morgan fingerprint density at radius 2 is 1.84 bits per heavy atom. The number of hydrogen-bond donors (Lipinski definition) is 1. The average molecular weight is 444 g/mol. The molecule has 0 radical (unpaired) electrons. The van der Waals surface area contributed by atoms with Crippen molar-refractivity contribution in [3.8, 4) is 0 Å². The number of likely N-dealkylation sites (tertiary alicyclic amines) is 1. The van der Waals surface area contributed by atoms with Crippen molar-refractivity contribution >= 4 is 11.8 Å². The van der Waals surface area contributed by atoms with E-state index in [0.717, 1.165) is 44.2 Å². The number of aliphatic carboxylic acids is 1. The quantitative estimate of drug-likeness (QED) is 0.364. The topological polar surface area (TPSA) is 76.1 Å². The van der Waals surface area contributed by atoms with Crippen LogP contribution < -0.4 is 0 Å². The number of rotatable bonds is 13. The lowest BCUT2D eigenvalue weighted by atomic mass is 9.89. The van der Waals surface area contributed by atoms with Crippen LogP contribution in [-0.2, 0) is 24.5 Å². The van der Waals surface area contributed by atoms with Gasteiger partial charge in [0.2, 0.25) is 0 Å². The molecule has 6 heteroatoms.